The van der Waals surface area contributed by atoms with Crippen molar-refractivity contribution < 1.29 is 18.4 Å². The van der Waals surface area contributed by atoms with E-state index in [2.05, 4.69) is 10.3 Å². The molecular weight excluding hydrogens is 424 g/mol. The molecule has 2 amide bonds. The fourth-order valence-electron chi connectivity index (χ4n) is 4.27. The fraction of sp³-hybridized carbons (Fsp3) is 0.435. The maximum Gasteiger partial charge on any atom is 0.254 e. The SMILES string of the molecule is Cc1cc(C(=O)N2C[C@H](C)C[C@@H]2C(=O)N[C@@H](c2cc(F)c(Cl)cc2F)C2CC2)ccn1. The third-order valence-corrected chi connectivity index (χ3v) is 6.27. The predicted molar refractivity (Wildman–Crippen MR) is 113 cm³/mol. The molecule has 0 spiro atoms. The van der Waals surface area contributed by atoms with Gasteiger partial charge in [-0.05, 0) is 62.3 Å². The minimum absolute atomic E-state index is 0.0323. The van der Waals surface area contributed by atoms with E-state index in [-0.39, 0.29) is 34.2 Å². The first-order chi connectivity index (χ1) is 14.7. The third kappa shape index (κ3) is 4.56. The maximum atomic E-state index is 14.5. The van der Waals surface area contributed by atoms with Crippen molar-refractivity contribution in [2.24, 2.45) is 11.8 Å². The number of benzene rings is 1. The predicted octanol–water partition coefficient (Wildman–Crippen LogP) is 4.44. The second-order valence-electron chi connectivity index (χ2n) is 8.61. The first kappa shape index (κ1) is 21.7. The van der Waals surface area contributed by atoms with Crippen LogP contribution in [-0.2, 0) is 4.79 Å². The van der Waals surface area contributed by atoms with Crippen LogP contribution in [-0.4, -0.2) is 34.3 Å². The van der Waals surface area contributed by atoms with E-state index in [1.54, 1.807) is 30.2 Å². The molecule has 2 fully saturated rings. The number of carbonyl (C=O) groups excluding carboxylic acids is 2. The van der Waals surface area contributed by atoms with Gasteiger partial charge in [0.15, 0.2) is 0 Å². The molecule has 8 heteroatoms. The molecule has 2 aromatic rings. The monoisotopic (exact) mass is 447 g/mol. The van der Waals surface area contributed by atoms with Crippen LogP contribution in [0.1, 0.15) is 53.8 Å². The highest BCUT2D eigenvalue weighted by Gasteiger charge is 2.41. The summed E-state index contributed by atoms with van der Waals surface area (Å²) in [5, 5.41) is 2.60. The van der Waals surface area contributed by atoms with Gasteiger partial charge in [-0.1, -0.05) is 18.5 Å². The minimum Gasteiger partial charge on any atom is -0.347 e. The van der Waals surface area contributed by atoms with Crippen molar-refractivity contribution in [3.05, 3.63) is 63.9 Å². The number of nitrogens with zero attached hydrogens (tertiary/aromatic N) is 2. The summed E-state index contributed by atoms with van der Waals surface area (Å²) < 4.78 is 28.6. The first-order valence-electron chi connectivity index (χ1n) is 10.4. The number of aryl methyl sites for hydroxylation is 1. The molecule has 1 saturated carbocycles. The molecule has 1 aliphatic carbocycles. The number of likely N-dealkylation sites (tertiary alicyclic amines) is 1. The van der Waals surface area contributed by atoms with Crippen molar-refractivity contribution in [3.63, 3.8) is 0 Å². The summed E-state index contributed by atoms with van der Waals surface area (Å²) in [7, 11) is 0. The molecule has 0 radical (unpaired) electrons. The maximum absolute atomic E-state index is 14.5. The highest BCUT2D eigenvalue weighted by atomic mass is 35.5. The van der Waals surface area contributed by atoms with E-state index in [1.165, 1.54) is 0 Å². The topological polar surface area (TPSA) is 62.3 Å². The largest absolute Gasteiger partial charge is 0.347 e. The van der Waals surface area contributed by atoms with Gasteiger partial charge >= 0.3 is 0 Å². The molecule has 0 unspecified atom stereocenters. The van der Waals surface area contributed by atoms with Gasteiger partial charge < -0.3 is 10.2 Å². The molecule has 1 aromatic carbocycles. The zero-order chi connectivity index (χ0) is 22.3. The summed E-state index contributed by atoms with van der Waals surface area (Å²) in [6, 6.07) is 3.99. The summed E-state index contributed by atoms with van der Waals surface area (Å²) in [6.45, 7) is 4.24. The van der Waals surface area contributed by atoms with Crippen LogP contribution in [0, 0.1) is 30.4 Å². The van der Waals surface area contributed by atoms with Gasteiger partial charge in [0.2, 0.25) is 5.91 Å². The molecule has 1 aliphatic heterocycles. The molecule has 1 aromatic heterocycles. The van der Waals surface area contributed by atoms with Crippen LogP contribution in [0.4, 0.5) is 8.78 Å². The van der Waals surface area contributed by atoms with Crippen molar-refractivity contribution in [2.75, 3.05) is 6.54 Å². The highest BCUT2D eigenvalue weighted by Crippen LogP contribution is 2.42. The number of carbonyl (C=O) groups is 2. The van der Waals surface area contributed by atoms with Crippen LogP contribution in [0.15, 0.2) is 30.5 Å². The number of amides is 2. The average molecular weight is 448 g/mol. The summed E-state index contributed by atoms with van der Waals surface area (Å²) in [6.07, 6.45) is 3.71. The Hall–Kier alpha value is -2.54. The molecule has 1 N–H and O–H groups in total. The lowest BCUT2D eigenvalue weighted by Gasteiger charge is -2.27. The number of hydrogen-bond donors (Lipinski definition) is 1. The number of rotatable bonds is 5. The average Bonchev–Trinajstić information content (AvgIpc) is 3.49. The van der Waals surface area contributed by atoms with Crippen molar-refractivity contribution in [3.8, 4) is 0 Å². The van der Waals surface area contributed by atoms with Gasteiger partial charge in [0.1, 0.15) is 17.7 Å². The molecule has 4 rings (SSSR count). The second-order valence-corrected chi connectivity index (χ2v) is 9.02. The molecule has 5 nitrogen and oxygen atoms in total. The molecule has 1 saturated heterocycles. The van der Waals surface area contributed by atoms with Crippen molar-refractivity contribution >= 4 is 23.4 Å². The Labute approximate surface area is 184 Å². The highest BCUT2D eigenvalue weighted by molar-refractivity contribution is 6.30. The molecule has 2 heterocycles. The Kier molecular flexibility index (Phi) is 5.97. The van der Waals surface area contributed by atoms with Gasteiger partial charge in [-0.2, -0.15) is 0 Å². The van der Waals surface area contributed by atoms with Crippen molar-refractivity contribution in [2.45, 2.75) is 45.2 Å². The van der Waals surface area contributed by atoms with Gasteiger partial charge in [0.25, 0.3) is 5.91 Å². The number of nitrogens with one attached hydrogen (secondary N) is 1. The molecule has 164 valence electrons. The lowest BCUT2D eigenvalue weighted by Crippen LogP contribution is -2.47. The van der Waals surface area contributed by atoms with E-state index in [4.69, 9.17) is 11.6 Å². The molecule has 3 atom stereocenters. The molecule has 2 aliphatic rings. The number of aromatic nitrogens is 1. The fourth-order valence-corrected chi connectivity index (χ4v) is 4.42. The van der Waals surface area contributed by atoms with Crippen molar-refractivity contribution in [1.29, 1.82) is 0 Å². The number of halogens is 3. The van der Waals surface area contributed by atoms with Gasteiger partial charge in [0, 0.05) is 29.6 Å². The Bertz CT molecular complexity index is 1030. The molecule has 31 heavy (non-hydrogen) atoms. The van der Waals surface area contributed by atoms with Gasteiger partial charge in [-0.15, -0.1) is 0 Å². The standard InChI is InChI=1S/C23H24ClF2N3O2/c1-12-7-20(29(11-12)23(31)15-5-6-27-13(2)8-15)22(30)28-21(14-3-4-14)16-9-19(26)17(24)10-18(16)25/h5-6,8-10,12,14,20-21H,3-4,7,11H2,1-2H3,(H,28,30)/t12-,20-,21-/m1/s1. The van der Waals surface area contributed by atoms with Gasteiger partial charge in [-0.25, -0.2) is 8.78 Å². The van der Waals surface area contributed by atoms with Gasteiger partial charge in [-0.3, -0.25) is 14.6 Å². The van der Waals surface area contributed by atoms with Crippen LogP contribution in [0.25, 0.3) is 0 Å². The van der Waals surface area contributed by atoms with Crippen LogP contribution < -0.4 is 5.32 Å². The van der Waals surface area contributed by atoms with E-state index in [0.29, 0.717) is 24.2 Å². The van der Waals surface area contributed by atoms with E-state index in [9.17, 15) is 18.4 Å². The Balaban J connectivity index is 1.57. The Morgan fingerprint density at radius 3 is 2.65 bits per heavy atom. The van der Waals surface area contributed by atoms with E-state index < -0.39 is 23.7 Å². The smallest absolute Gasteiger partial charge is 0.254 e. The Morgan fingerprint density at radius 2 is 1.97 bits per heavy atom. The zero-order valence-electron chi connectivity index (χ0n) is 17.4. The van der Waals surface area contributed by atoms with E-state index >= 15 is 0 Å². The zero-order valence-corrected chi connectivity index (χ0v) is 18.1. The number of hydrogen-bond acceptors (Lipinski definition) is 3. The summed E-state index contributed by atoms with van der Waals surface area (Å²) in [5.41, 5.74) is 1.28. The van der Waals surface area contributed by atoms with Crippen LogP contribution in [0.2, 0.25) is 5.02 Å². The normalized spacial score (nSPS) is 21.8. The van der Waals surface area contributed by atoms with Gasteiger partial charge in [0.05, 0.1) is 11.1 Å². The van der Waals surface area contributed by atoms with Crippen LogP contribution >= 0.6 is 11.6 Å². The summed E-state index contributed by atoms with van der Waals surface area (Å²) in [5.74, 6) is -1.78. The molecular formula is C23H24ClF2N3O2. The third-order valence-electron chi connectivity index (χ3n) is 5.98. The van der Waals surface area contributed by atoms with Crippen LogP contribution in [0.5, 0.6) is 0 Å². The lowest BCUT2D eigenvalue weighted by atomic mass is 10.00. The Morgan fingerprint density at radius 1 is 1.23 bits per heavy atom. The summed E-state index contributed by atoms with van der Waals surface area (Å²) >= 11 is 5.68. The quantitative estimate of drug-likeness (QED) is 0.689. The first-order valence-corrected chi connectivity index (χ1v) is 10.8. The van der Waals surface area contributed by atoms with Crippen LogP contribution in [0.3, 0.4) is 0 Å². The summed E-state index contributed by atoms with van der Waals surface area (Å²) in [4.78, 5) is 32.0. The lowest BCUT2D eigenvalue weighted by molar-refractivity contribution is -0.125. The molecule has 0 bridgehead atoms. The van der Waals surface area contributed by atoms with E-state index in [1.807, 2.05) is 6.92 Å². The van der Waals surface area contributed by atoms with E-state index in [0.717, 1.165) is 25.0 Å². The van der Waals surface area contributed by atoms with Crippen molar-refractivity contribution in [1.82, 2.24) is 15.2 Å². The second kappa shape index (κ2) is 8.54. The minimum atomic E-state index is -0.725. The number of pyridine rings is 1.